The van der Waals surface area contributed by atoms with Gasteiger partial charge < -0.3 is 0 Å². The predicted molar refractivity (Wildman–Crippen MR) is 133 cm³/mol. The van der Waals surface area contributed by atoms with Crippen molar-refractivity contribution in [3.8, 4) is 28.2 Å². The average Bonchev–Trinajstić information content (AvgIpc) is 3.53. The van der Waals surface area contributed by atoms with E-state index in [1.54, 1.807) is 17.1 Å². The van der Waals surface area contributed by atoms with Gasteiger partial charge in [0.05, 0.1) is 23.2 Å². The van der Waals surface area contributed by atoms with E-state index in [4.69, 9.17) is 0 Å². The highest BCUT2D eigenvalue weighted by Crippen LogP contribution is 2.31. The van der Waals surface area contributed by atoms with Gasteiger partial charge in [0.15, 0.2) is 0 Å². The summed E-state index contributed by atoms with van der Waals surface area (Å²) >= 11 is 1.42. The number of halogens is 3. The number of thiazole rings is 1. The van der Waals surface area contributed by atoms with E-state index in [0.717, 1.165) is 29.1 Å². The van der Waals surface area contributed by atoms with Crippen molar-refractivity contribution in [2.75, 3.05) is 5.43 Å². The molecular weight excluding hydrogens is 471 g/mol. The van der Waals surface area contributed by atoms with Gasteiger partial charge in [0, 0.05) is 28.3 Å². The number of alkyl halides is 3. The van der Waals surface area contributed by atoms with Gasteiger partial charge in [-0.3, -0.25) is 5.43 Å². The highest BCUT2D eigenvalue weighted by Gasteiger charge is 2.30. The lowest BCUT2D eigenvalue weighted by atomic mass is 10.1. The number of para-hydroxylation sites is 1. The van der Waals surface area contributed by atoms with Crippen molar-refractivity contribution in [1.82, 2.24) is 14.8 Å². The van der Waals surface area contributed by atoms with Crippen molar-refractivity contribution in [3.63, 3.8) is 0 Å². The Morgan fingerprint density at radius 3 is 2.23 bits per heavy atom. The molecule has 0 spiro atoms. The lowest BCUT2D eigenvalue weighted by molar-refractivity contribution is -0.137. The molecule has 0 atom stereocenters. The maximum Gasteiger partial charge on any atom is 0.416 e. The summed E-state index contributed by atoms with van der Waals surface area (Å²) in [6, 6.07) is 24.2. The summed E-state index contributed by atoms with van der Waals surface area (Å²) in [6.07, 6.45) is -1.03. The minimum Gasteiger partial charge on any atom is -0.253 e. The van der Waals surface area contributed by atoms with Gasteiger partial charge in [-0.15, -0.1) is 11.3 Å². The van der Waals surface area contributed by atoms with E-state index in [-0.39, 0.29) is 0 Å². The largest absolute Gasteiger partial charge is 0.416 e. The molecule has 0 radical (unpaired) electrons. The highest BCUT2D eigenvalue weighted by atomic mass is 32.1. The Balaban J connectivity index is 1.43. The summed E-state index contributed by atoms with van der Waals surface area (Å²) in [5, 5.41) is 11.5. The first kappa shape index (κ1) is 22.5. The zero-order chi connectivity index (χ0) is 24.3. The first-order valence-corrected chi connectivity index (χ1v) is 11.5. The Bertz CT molecular complexity index is 1440. The Kier molecular flexibility index (Phi) is 6.15. The van der Waals surface area contributed by atoms with E-state index in [2.05, 4.69) is 20.6 Å². The molecule has 5 rings (SSSR count). The first-order chi connectivity index (χ1) is 17.0. The van der Waals surface area contributed by atoms with E-state index in [9.17, 15) is 13.2 Å². The summed E-state index contributed by atoms with van der Waals surface area (Å²) < 4.78 is 40.7. The van der Waals surface area contributed by atoms with Crippen molar-refractivity contribution < 1.29 is 13.2 Å². The van der Waals surface area contributed by atoms with E-state index < -0.39 is 11.7 Å². The number of hydrazone groups is 1. The second-order valence-electron chi connectivity index (χ2n) is 7.56. The lowest BCUT2D eigenvalue weighted by Crippen LogP contribution is -2.04. The molecule has 0 saturated carbocycles. The predicted octanol–water partition coefficient (Wildman–Crippen LogP) is 7.13. The van der Waals surface area contributed by atoms with Crippen molar-refractivity contribution in [1.29, 1.82) is 0 Å². The molecule has 0 aliphatic carbocycles. The average molecular weight is 490 g/mol. The second kappa shape index (κ2) is 9.55. The van der Waals surface area contributed by atoms with Gasteiger partial charge in [0.25, 0.3) is 0 Å². The highest BCUT2D eigenvalue weighted by molar-refractivity contribution is 7.14. The van der Waals surface area contributed by atoms with Gasteiger partial charge >= 0.3 is 6.18 Å². The van der Waals surface area contributed by atoms with Gasteiger partial charge in [0.1, 0.15) is 5.69 Å². The van der Waals surface area contributed by atoms with Crippen LogP contribution in [-0.2, 0) is 6.18 Å². The number of nitrogens with one attached hydrogen (secondary N) is 1. The normalized spacial score (nSPS) is 11.7. The molecule has 0 aliphatic heterocycles. The monoisotopic (exact) mass is 489 g/mol. The quantitative estimate of drug-likeness (QED) is 0.204. The topological polar surface area (TPSA) is 55.1 Å². The molecule has 5 aromatic rings. The van der Waals surface area contributed by atoms with Crippen LogP contribution in [0.2, 0.25) is 0 Å². The smallest absolute Gasteiger partial charge is 0.253 e. The van der Waals surface area contributed by atoms with Crippen LogP contribution in [0.1, 0.15) is 11.1 Å². The van der Waals surface area contributed by atoms with Gasteiger partial charge in [-0.25, -0.2) is 9.67 Å². The molecular formula is C26H18F3N5S. The van der Waals surface area contributed by atoms with Crippen molar-refractivity contribution in [2.45, 2.75) is 6.18 Å². The fraction of sp³-hybridized carbons (Fsp3) is 0.0385. The summed E-state index contributed by atoms with van der Waals surface area (Å²) in [7, 11) is 0. The Morgan fingerprint density at radius 2 is 1.54 bits per heavy atom. The van der Waals surface area contributed by atoms with Gasteiger partial charge in [-0.2, -0.15) is 23.4 Å². The Morgan fingerprint density at radius 1 is 0.857 bits per heavy atom. The molecule has 0 aliphatic rings. The van der Waals surface area contributed by atoms with E-state index in [1.165, 1.54) is 23.5 Å². The summed E-state index contributed by atoms with van der Waals surface area (Å²) in [5.74, 6) is 0. The minimum absolute atomic E-state index is 0.511. The van der Waals surface area contributed by atoms with Crippen LogP contribution < -0.4 is 5.43 Å². The van der Waals surface area contributed by atoms with Crippen LogP contribution in [-0.4, -0.2) is 21.0 Å². The van der Waals surface area contributed by atoms with Crippen LogP contribution in [0.5, 0.6) is 0 Å². The third-order valence-corrected chi connectivity index (χ3v) is 5.93. The SMILES string of the molecule is FC(F)(F)c1ccc(-c2nn(-c3ccccc3)cc2/C=N/Nc2nc(-c3ccccc3)cs2)cc1. The van der Waals surface area contributed by atoms with Gasteiger partial charge in [-0.1, -0.05) is 60.7 Å². The zero-order valence-corrected chi connectivity index (χ0v) is 19.0. The van der Waals surface area contributed by atoms with Crippen molar-refractivity contribution >= 4 is 22.7 Å². The second-order valence-corrected chi connectivity index (χ2v) is 8.42. The fourth-order valence-corrected chi connectivity index (χ4v) is 4.13. The van der Waals surface area contributed by atoms with E-state index in [0.29, 0.717) is 22.0 Å². The molecule has 9 heteroatoms. The third kappa shape index (κ3) is 5.15. The molecule has 5 nitrogen and oxygen atoms in total. The molecule has 0 saturated heterocycles. The number of hydrogen-bond acceptors (Lipinski definition) is 5. The van der Waals surface area contributed by atoms with Crippen LogP contribution in [0.3, 0.4) is 0 Å². The molecule has 3 aromatic carbocycles. The fourth-order valence-electron chi connectivity index (χ4n) is 3.46. The van der Waals surface area contributed by atoms with Gasteiger partial charge in [0.2, 0.25) is 5.13 Å². The van der Waals surface area contributed by atoms with Crippen LogP contribution in [0.4, 0.5) is 18.3 Å². The standard InChI is InChI=1S/C26H18F3N5S/c27-26(28,29)21-13-11-19(12-14-21)24-20(16-34(33-24)22-9-5-2-6-10-22)15-30-32-25-31-23(17-35-25)18-7-3-1-4-8-18/h1-17H,(H,31,32)/b30-15+. The molecule has 174 valence electrons. The minimum atomic E-state index is -4.40. The molecule has 0 unspecified atom stereocenters. The number of nitrogens with zero attached hydrogens (tertiary/aromatic N) is 4. The maximum absolute atomic E-state index is 13.0. The Hall–Kier alpha value is -4.24. The van der Waals surface area contributed by atoms with Gasteiger partial charge in [-0.05, 0) is 24.3 Å². The maximum atomic E-state index is 13.0. The van der Waals surface area contributed by atoms with Crippen LogP contribution in [0.15, 0.2) is 102 Å². The molecule has 1 N–H and O–H groups in total. The van der Waals surface area contributed by atoms with E-state index in [1.807, 2.05) is 66.0 Å². The molecule has 2 heterocycles. The Labute approximate surface area is 203 Å². The molecule has 0 fully saturated rings. The number of aromatic nitrogens is 3. The van der Waals surface area contributed by atoms with Crippen LogP contribution >= 0.6 is 11.3 Å². The zero-order valence-electron chi connectivity index (χ0n) is 18.1. The summed E-state index contributed by atoms with van der Waals surface area (Å²) in [4.78, 5) is 4.54. The van der Waals surface area contributed by atoms with Crippen molar-refractivity contribution in [3.05, 3.63) is 108 Å². The molecule has 0 amide bonds. The van der Waals surface area contributed by atoms with Crippen LogP contribution in [0.25, 0.3) is 28.2 Å². The summed E-state index contributed by atoms with van der Waals surface area (Å²) in [6.45, 7) is 0. The van der Waals surface area contributed by atoms with Crippen LogP contribution in [0, 0.1) is 0 Å². The number of rotatable bonds is 6. The third-order valence-electron chi connectivity index (χ3n) is 5.19. The van der Waals surface area contributed by atoms with Crippen molar-refractivity contribution in [2.24, 2.45) is 5.10 Å². The summed E-state index contributed by atoms with van der Waals surface area (Å²) in [5.41, 5.74) is 6.60. The lowest BCUT2D eigenvalue weighted by Gasteiger charge is -2.07. The first-order valence-electron chi connectivity index (χ1n) is 10.6. The molecule has 2 aromatic heterocycles. The van der Waals surface area contributed by atoms with E-state index >= 15 is 0 Å². The number of anilines is 1. The molecule has 35 heavy (non-hydrogen) atoms. The number of hydrogen-bond donors (Lipinski definition) is 1. The number of benzene rings is 3. The molecule has 0 bridgehead atoms.